The maximum Gasteiger partial charge on any atom is 0.125 e. The molecule has 1 aliphatic rings. The van der Waals surface area contributed by atoms with Gasteiger partial charge < -0.3 is 5.32 Å². The van der Waals surface area contributed by atoms with Gasteiger partial charge in [0.2, 0.25) is 0 Å². The Morgan fingerprint density at radius 1 is 1.38 bits per heavy atom. The van der Waals surface area contributed by atoms with Crippen LogP contribution in [0.1, 0.15) is 31.7 Å². The first-order valence-corrected chi connectivity index (χ1v) is 4.73. The van der Waals surface area contributed by atoms with Crippen LogP contribution in [0.15, 0.2) is 18.2 Å². The molecule has 1 aromatic carbocycles. The van der Waals surface area contributed by atoms with Crippen LogP contribution in [0.5, 0.6) is 0 Å². The van der Waals surface area contributed by atoms with Gasteiger partial charge in [-0.3, -0.25) is 0 Å². The van der Waals surface area contributed by atoms with Crippen molar-refractivity contribution in [3.8, 4) is 0 Å². The van der Waals surface area contributed by atoms with E-state index < -0.39 is 0 Å². The molecule has 0 fully saturated rings. The summed E-state index contributed by atoms with van der Waals surface area (Å²) in [6.45, 7) is 4.32. The lowest BCUT2D eigenvalue weighted by Crippen LogP contribution is -2.24. The zero-order chi connectivity index (χ0) is 9.42. The molecule has 0 aromatic heterocycles. The van der Waals surface area contributed by atoms with Crippen LogP contribution in [-0.2, 0) is 0 Å². The van der Waals surface area contributed by atoms with Crippen molar-refractivity contribution in [2.24, 2.45) is 0 Å². The Hall–Kier alpha value is -1.05. The summed E-state index contributed by atoms with van der Waals surface area (Å²) in [7, 11) is 0. The molecule has 1 heterocycles. The maximum atomic E-state index is 12.9. The van der Waals surface area contributed by atoms with Gasteiger partial charge in [-0.15, -0.1) is 0 Å². The maximum absolute atomic E-state index is 12.9. The first-order valence-electron chi connectivity index (χ1n) is 4.73. The van der Waals surface area contributed by atoms with Gasteiger partial charge in [0.1, 0.15) is 5.82 Å². The van der Waals surface area contributed by atoms with Crippen molar-refractivity contribution in [3.05, 3.63) is 29.6 Å². The van der Waals surface area contributed by atoms with Crippen LogP contribution in [0.3, 0.4) is 0 Å². The van der Waals surface area contributed by atoms with Gasteiger partial charge in [-0.25, -0.2) is 4.39 Å². The Kier molecular flexibility index (Phi) is 1.98. The zero-order valence-corrected chi connectivity index (χ0v) is 7.97. The lowest BCUT2D eigenvalue weighted by Gasteiger charge is -2.29. The lowest BCUT2D eigenvalue weighted by atomic mass is 9.89. The van der Waals surface area contributed by atoms with E-state index in [1.165, 1.54) is 11.6 Å². The van der Waals surface area contributed by atoms with Crippen LogP contribution in [0, 0.1) is 5.82 Å². The first kappa shape index (κ1) is 8.54. The normalized spacial score (nSPS) is 26.4. The van der Waals surface area contributed by atoms with Crippen LogP contribution < -0.4 is 5.32 Å². The Morgan fingerprint density at radius 2 is 2.15 bits per heavy atom. The monoisotopic (exact) mass is 179 g/mol. The molecule has 70 valence electrons. The molecule has 1 nitrogen and oxygen atoms in total. The topological polar surface area (TPSA) is 12.0 Å². The summed E-state index contributed by atoms with van der Waals surface area (Å²) in [6, 6.07) is 5.45. The second kappa shape index (κ2) is 3.02. The molecule has 13 heavy (non-hydrogen) atoms. The molecule has 2 rings (SSSR count). The number of halogens is 1. The van der Waals surface area contributed by atoms with Crippen molar-refractivity contribution in [3.63, 3.8) is 0 Å². The Bertz CT molecular complexity index is 322. The van der Waals surface area contributed by atoms with Gasteiger partial charge in [-0.2, -0.15) is 0 Å². The second-order valence-corrected chi connectivity index (χ2v) is 3.91. The van der Waals surface area contributed by atoms with E-state index in [1.807, 2.05) is 6.07 Å². The highest BCUT2D eigenvalue weighted by molar-refractivity contribution is 5.55. The summed E-state index contributed by atoms with van der Waals surface area (Å²) in [4.78, 5) is 0. The SMILES string of the molecule is CC1CC(C)c2ccc(F)cc2N1. The van der Waals surface area contributed by atoms with Crippen molar-refractivity contribution in [2.45, 2.75) is 32.2 Å². The minimum absolute atomic E-state index is 0.160. The van der Waals surface area contributed by atoms with Crippen molar-refractivity contribution in [1.29, 1.82) is 0 Å². The fraction of sp³-hybridized carbons (Fsp3) is 0.455. The molecule has 0 bridgehead atoms. The largest absolute Gasteiger partial charge is 0.382 e. The van der Waals surface area contributed by atoms with Gasteiger partial charge in [0.05, 0.1) is 0 Å². The second-order valence-electron chi connectivity index (χ2n) is 3.91. The van der Waals surface area contributed by atoms with Crippen LogP contribution in [0.25, 0.3) is 0 Å². The van der Waals surface area contributed by atoms with E-state index in [1.54, 1.807) is 6.07 Å². The van der Waals surface area contributed by atoms with Gasteiger partial charge in [0.15, 0.2) is 0 Å². The Morgan fingerprint density at radius 3 is 2.92 bits per heavy atom. The third-order valence-corrected chi connectivity index (χ3v) is 2.66. The predicted molar refractivity (Wildman–Crippen MR) is 52.5 cm³/mol. The molecule has 0 spiro atoms. The van der Waals surface area contributed by atoms with Crippen LogP contribution in [-0.4, -0.2) is 6.04 Å². The number of rotatable bonds is 0. The highest BCUT2D eigenvalue weighted by Crippen LogP contribution is 2.33. The molecule has 1 aliphatic heterocycles. The average molecular weight is 179 g/mol. The molecule has 1 N–H and O–H groups in total. The molecule has 0 saturated heterocycles. The summed E-state index contributed by atoms with van der Waals surface area (Å²) in [5.74, 6) is 0.374. The van der Waals surface area contributed by atoms with Crippen molar-refractivity contribution in [1.82, 2.24) is 0 Å². The van der Waals surface area contributed by atoms with Crippen molar-refractivity contribution in [2.75, 3.05) is 5.32 Å². The summed E-state index contributed by atoms with van der Waals surface area (Å²) in [5, 5.41) is 3.29. The first-order chi connectivity index (χ1) is 6.16. The number of benzene rings is 1. The van der Waals surface area contributed by atoms with Gasteiger partial charge in [0, 0.05) is 11.7 Å². The van der Waals surface area contributed by atoms with Gasteiger partial charge >= 0.3 is 0 Å². The molecular weight excluding hydrogens is 165 g/mol. The number of hydrogen-bond acceptors (Lipinski definition) is 1. The molecule has 2 atom stereocenters. The molecule has 0 radical (unpaired) electrons. The van der Waals surface area contributed by atoms with E-state index >= 15 is 0 Å². The predicted octanol–water partition coefficient (Wildman–Crippen LogP) is 3.13. The van der Waals surface area contributed by atoms with E-state index in [4.69, 9.17) is 0 Å². The van der Waals surface area contributed by atoms with Crippen LogP contribution in [0.4, 0.5) is 10.1 Å². The van der Waals surface area contributed by atoms with E-state index in [2.05, 4.69) is 19.2 Å². The van der Waals surface area contributed by atoms with E-state index in [-0.39, 0.29) is 5.82 Å². The van der Waals surface area contributed by atoms with Crippen molar-refractivity contribution >= 4 is 5.69 Å². The van der Waals surface area contributed by atoms with Gasteiger partial charge in [0.25, 0.3) is 0 Å². The highest BCUT2D eigenvalue weighted by atomic mass is 19.1. The molecule has 2 unspecified atom stereocenters. The minimum Gasteiger partial charge on any atom is -0.382 e. The number of hydrogen-bond donors (Lipinski definition) is 1. The zero-order valence-electron chi connectivity index (χ0n) is 7.97. The molecule has 1 aromatic rings. The summed E-state index contributed by atoms with van der Waals surface area (Å²) >= 11 is 0. The molecular formula is C11H14FN. The van der Waals surface area contributed by atoms with E-state index in [0.29, 0.717) is 12.0 Å². The molecule has 0 aliphatic carbocycles. The molecule has 0 amide bonds. The van der Waals surface area contributed by atoms with Crippen molar-refractivity contribution < 1.29 is 4.39 Å². The number of nitrogens with one attached hydrogen (secondary N) is 1. The fourth-order valence-corrected chi connectivity index (χ4v) is 2.06. The quantitative estimate of drug-likeness (QED) is 0.645. The highest BCUT2D eigenvalue weighted by Gasteiger charge is 2.20. The third kappa shape index (κ3) is 1.53. The van der Waals surface area contributed by atoms with E-state index in [9.17, 15) is 4.39 Å². The van der Waals surface area contributed by atoms with Gasteiger partial charge in [-0.1, -0.05) is 13.0 Å². The molecule has 0 saturated carbocycles. The number of fused-ring (bicyclic) bond motifs is 1. The fourth-order valence-electron chi connectivity index (χ4n) is 2.06. The van der Waals surface area contributed by atoms with Crippen LogP contribution >= 0.6 is 0 Å². The van der Waals surface area contributed by atoms with Crippen LogP contribution in [0.2, 0.25) is 0 Å². The smallest absolute Gasteiger partial charge is 0.125 e. The Labute approximate surface area is 78.0 Å². The lowest BCUT2D eigenvalue weighted by molar-refractivity contribution is 0.581. The van der Waals surface area contributed by atoms with Gasteiger partial charge in [-0.05, 0) is 37.0 Å². The number of anilines is 1. The Balaban J connectivity index is 2.43. The third-order valence-electron chi connectivity index (χ3n) is 2.66. The van der Waals surface area contributed by atoms with E-state index in [0.717, 1.165) is 12.1 Å². The summed E-state index contributed by atoms with van der Waals surface area (Å²) in [6.07, 6.45) is 1.12. The molecule has 2 heteroatoms. The summed E-state index contributed by atoms with van der Waals surface area (Å²) in [5.41, 5.74) is 2.20. The standard InChI is InChI=1S/C11H14FN/c1-7-5-8(2)13-11-6-9(12)3-4-10(7)11/h3-4,6-8,13H,5H2,1-2H3. The minimum atomic E-state index is -0.160. The summed E-state index contributed by atoms with van der Waals surface area (Å²) < 4.78 is 12.9. The average Bonchev–Trinajstić information content (AvgIpc) is 2.02.